The number of rotatable bonds is 5. The molecule has 26 heavy (non-hydrogen) atoms. The molecule has 0 amide bonds. The molecule has 1 aromatic heterocycles. The minimum atomic E-state index is -0.107. The quantitative estimate of drug-likeness (QED) is 0.491. The number of halogens is 1. The number of carbonyl (C=O) groups excluding carboxylic acids is 1. The Morgan fingerprint density at radius 2 is 1.92 bits per heavy atom. The fraction of sp³-hybridized carbons (Fsp3) is 0.200. The second-order valence-electron chi connectivity index (χ2n) is 5.77. The molecule has 0 saturated carbocycles. The number of nitrogens with zero attached hydrogens (tertiary/aromatic N) is 2. The molecule has 134 valence electrons. The number of aromatic nitrogens is 1. The zero-order valence-corrected chi connectivity index (χ0v) is 15.6. The SMILES string of the molecule is CO/N=C/Cc1c(C)n(C(=O)c2ccc(Cl)cc2)c2ccc(OC)cc12. The van der Waals surface area contributed by atoms with E-state index in [1.165, 1.54) is 7.11 Å². The molecule has 1 heterocycles. The van der Waals surface area contributed by atoms with E-state index in [-0.39, 0.29) is 5.91 Å². The summed E-state index contributed by atoms with van der Waals surface area (Å²) < 4.78 is 7.06. The number of carbonyl (C=O) groups is 1. The Labute approximate surface area is 156 Å². The van der Waals surface area contributed by atoms with Crippen molar-refractivity contribution in [3.05, 3.63) is 64.3 Å². The molecular weight excluding hydrogens is 352 g/mol. The summed E-state index contributed by atoms with van der Waals surface area (Å²) in [6.45, 7) is 1.93. The maximum Gasteiger partial charge on any atom is 0.262 e. The topological polar surface area (TPSA) is 52.8 Å². The molecule has 0 aliphatic heterocycles. The van der Waals surface area contributed by atoms with Crippen LogP contribution in [0.2, 0.25) is 5.02 Å². The van der Waals surface area contributed by atoms with Crippen molar-refractivity contribution < 1.29 is 14.4 Å². The molecule has 0 aliphatic carbocycles. The number of benzene rings is 2. The molecule has 0 unspecified atom stereocenters. The summed E-state index contributed by atoms with van der Waals surface area (Å²) in [4.78, 5) is 17.9. The molecule has 0 atom stereocenters. The highest BCUT2D eigenvalue weighted by Crippen LogP contribution is 2.30. The third-order valence-corrected chi connectivity index (χ3v) is 4.56. The molecule has 2 aromatic carbocycles. The van der Waals surface area contributed by atoms with Gasteiger partial charge < -0.3 is 9.57 Å². The van der Waals surface area contributed by atoms with E-state index < -0.39 is 0 Å². The summed E-state index contributed by atoms with van der Waals surface area (Å²) in [7, 11) is 3.12. The minimum Gasteiger partial charge on any atom is -0.497 e. The van der Waals surface area contributed by atoms with Crippen LogP contribution in [0.1, 0.15) is 21.6 Å². The van der Waals surface area contributed by atoms with Crippen molar-refractivity contribution in [1.29, 1.82) is 0 Å². The van der Waals surface area contributed by atoms with Gasteiger partial charge in [-0.1, -0.05) is 16.8 Å². The minimum absolute atomic E-state index is 0.107. The Kier molecular flexibility index (Phi) is 5.28. The highest BCUT2D eigenvalue weighted by molar-refractivity contribution is 6.30. The summed E-state index contributed by atoms with van der Waals surface area (Å²) in [5.74, 6) is 0.628. The molecule has 0 aliphatic rings. The van der Waals surface area contributed by atoms with Gasteiger partial charge in [-0.25, -0.2) is 0 Å². The average molecular weight is 371 g/mol. The van der Waals surface area contributed by atoms with Gasteiger partial charge in [0.1, 0.15) is 12.9 Å². The number of hydrogen-bond donors (Lipinski definition) is 0. The molecule has 3 rings (SSSR count). The summed E-state index contributed by atoms with van der Waals surface area (Å²) in [5.41, 5.74) is 3.25. The lowest BCUT2D eigenvalue weighted by atomic mass is 10.1. The highest BCUT2D eigenvalue weighted by Gasteiger charge is 2.20. The van der Waals surface area contributed by atoms with Gasteiger partial charge >= 0.3 is 0 Å². The van der Waals surface area contributed by atoms with Gasteiger partial charge in [0.15, 0.2) is 0 Å². The predicted octanol–water partition coefficient (Wildman–Crippen LogP) is 4.47. The van der Waals surface area contributed by atoms with E-state index >= 15 is 0 Å². The Morgan fingerprint density at radius 3 is 2.58 bits per heavy atom. The van der Waals surface area contributed by atoms with Gasteiger partial charge in [-0.2, -0.15) is 0 Å². The third-order valence-electron chi connectivity index (χ3n) is 4.31. The molecule has 0 saturated heterocycles. The zero-order chi connectivity index (χ0) is 18.7. The Bertz CT molecular complexity index is 975. The van der Waals surface area contributed by atoms with Crippen LogP contribution in [0.25, 0.3) is 10.9 Å². The lowest BCUT2D eigenvalue weighted by Gasteiger charge is -2.08. The van der Waals surface area contributed by atoms with Gasteiger partial charge in [0, 0.05) is 34.3 Å². The second kappa shape index (κ2) is 7.62. The van der Waals surface area contributed by atoms with Gasteiger partial charge in [0.25, 0.3) is 5.91 Å². The van der Waals surface area contributed by atoms with Crippen LogP contribution < -0.4 is 4.74 Å². The van der Waals surface area contributed by atoms with Crippen molar-refractivity contribution >= 4 is 34.6 Å². The second-order valence-corrected chi connectivity index (χ2v) is 6.21. The molecule has 0 radical (unpaired) electrons. The molecule has 3 aromatic rings. The average Bonchev–Trinajstić information content (AvgIpc) is 2.93. The number of hydrogen-bond acceptors (Lipinski definition) is 4. The van der Waals surface area contributed by atoms with Crippen LogP contribution in [0, 0.1) is 6.92 Å². The third kappa shape index (κ3) is 3.30. The Balaban J connectivity index is 2.18. The molecule has 6 heteroatoms. The molecule has 5 nitrogen and oxygen atoms in total. The van der Waals surface area contributed by atoms with Crippen LogP contribution in [0.4, 0.5) is 0 Å². The largest absolute Gasteiger partial charge is 0.497 e. The first-order valence-electron chi connectivity index (χ1n) is 8.10. The molecule has 0 bridgehead atoms. The monoisotopic (exact) mass is 370 g/mol. The van der Waals surface area contributed by atoms with Crippen molar-refractivity contribution in [3.63, 3.8) is 0 Å². The summed E-state index contributed by atoms with van der Waals surface area (Å²) in [6.07, 6.45) is 2.22. The smallest absolute Gasteiger partial charge is 0.262 e. The van der Waals surface area contributed by atoms with Gasteiger partial charge in [-0.3, -0.25) is 9.36 Å². The fourth-order valence-electron chi connectivity index (χ4n) is 3.03. The number of fused-ring (bicyclic) bond motifs is 1. The Hall–Kier alpha value is -2.79. The van der Waals surface area contributed by atoms with Crippen LogP contribution in [-0.4, -0.2) is 30.9 Å². The van der Waals surface area contributed by atoms with Crippen molar-refractivity contribution in [2.45, 2.75) is 13.3 Å². The van der Waals surface area contributed by atoms with Crippen molar-refractivity contribution in [1.82, 2.24) is 4.57 Å². The van der Waals surface area contributed by atoms with E-state index in [0.29, 0.717) is 17.0 Å². The van der Waals surface area contributed by atoms with E-state index in [9.17, 15) is 4.79 Å². The maximum atomic E-state index is 13.1. The van der Waals surface area contributed by atoms with Crippen LogP contribution in [0.3, 0.4) is 0 Å². The summed E-state index contributed by atoms with van der Waals surface area (Å²) >= 11 is 5.94. The van der Waals surface area contributed by atoms with Crippen molar-refractivity contribution in [2.24, 2.45) is 5.16 Å². The van der Waals surface area contributed by atoms with Crippen molar-refractivity contribution in [2.75, 3.05) is 14.2 Å². The van der Waals surface area contributed by atoms with Gasteiger partial charge in [-0.15, -0.1) is 0 Å². The first-order valence-corrected chi connectivity index (χ1v) is 8.47. The lowest BCUT2D eigenvalue weighted by molar-refractivity contribution is 0.0963. The Morgan fingerprint density at radius 1 is 1.19 bits per heavy atom. The van der Waals surface area contributed by atoms with Gasteiger partial charge in [0.2, 0.25) is 0 Å². The summed E-state index contributed by atoms with van der Waals surface area (Å²) in [5, 5.41) is 5.36. The fourth-order valence-corrected chi connectivity index (χ4v) is 3.16. The van der Waals surface area contributed by atoms with Crippen molar-refractivity contribution in [3.8, 4) is 5.75 Å². The number of ether oxygens (including phenoxy) is 1. The van der Waals surface area contributed by atoms with Gasteiger partial charge in [0.05, 0.1) is 12.6 Å². The molecular formula is C20H19ClN2O3. The van der Waals surface area contributed by atoms with E-state index in [0.717, 1.165) is 27.9 Å². The van der Waals surface area contributed by atoms with Crippen LogP contribution in [-0.2, 0) is 11.3 Å². The molecule has 0 spiro atoms. The van der Waals surface area contributed by atoms with Crippen LogP contribution in [0.5, 0.6) is 5.75 Å². The van der Waals surface area contributed by atoms with E-state index in [1.807, 2.05) is 25.1 Å². The van der Waals surface area contributed by atoms with E-state index in [1.54, 1.807) is 42.2 Å². The van der Waals surface area contributed by atoms with E-state index in [2.05, 4.69) is 5.16 Å². The predicted molar refractivity (Wildman–Crippen MR) is 104 cm³/mol. The molecule has 0 N–H and O–H groups in total. The number of oxime groups is 1. The van der Waals surface area contributed by atoms with Gasteiger partial charge in [-0.05, 0) is 55.0 Å². The standard InChI is InChI=1S/C20H19ClN2O3/c1-13-17(10-11-22-26-3)18-12-16(25-2)8-9-19(18)23(13)20(24)14-4-6-15(21)7-5-14/h4-9,11-12H,10H2,1-3H3/b22-11+. The molecule has 0 fully saturated rings. The summed E-state index contributed by atoms with van der Waals surface area (Å²) in [6, 6.07) is 12.6. The van der Waals surface area contributed by atoms with Crippen LogP contribution in [0.15, 0.2) is 47.6 Å². The zero-order valence-electron chi connectivity index (χ0n) is 14.8. The number of methoxy groups -OCH3 is 1. The highest BCUT2D eigenvalue weighted by atomic mass is 35.5. The van der Waals surface area contributed by atoms with Crippen LogP contribution >= 0.6 is 11.6 Å². The normalized spacial score (nSPS) is 11.2. The van der Waals surface area contributed by atoms with E-state index in [4.69, 9.17) is 21.2 Å². The first-order chi connectivity index (χ1) is 12.6. The maximum absolute atomic E-state index is 13.1. The first kappa shape index (κ1) is 18.0. The lowest BCUT2D eigenvalue weighted by Crippen LogP contribution is -2.13.